The minimum atomic E-state index is 0.658. The molecule has 0 amide bonds. The number of morpholine rings is 1. The van der Waals surface area contributed by atoms with E-state index >= 15 is 0 Å². The van der Waals surface area contributed by atoms with Gasteiger partial charge >= 0.3 is 0 Å². The largest absolute Gasteiger partial charge is 0.378 e. The number of hydrogen-bond donors (Lipinski definition) is 0. The predicted octanol–water partition coefficient (Wildman–Crippen LogP) is 2.70. The summed E-state index contributed by atoms with van der Waals surface area (Å²) >= 11 is 0. The van der Waals surface area contributed by atoms with Gasteiger partial charge in [0.2, 0.25) is 5.95 Å². The van der Waals surface area contributed by atoms with Gasteiger partial charge in [0.1, 0.15) is 11.6 Å². The van der Waals surface area contributed by atoms with Crippen molar-refractivity contribution in [1.82, 2.24) is 34.0 Å². The first-order valence-electron chi connectivity index (χ1n) is 12.0. The van der Waals surface area contributed by atoms with Gasteiger partial charge in [0.25, 0.3) is 0 Å². The molecule has 6 rings (SSSR count). The number of hydrogen-bond acceptors (Lipinski definition) is 7. The number of benzene rings is 1. The Morgan fingerprint density at radius 2 is 1.70 bits per heavy atom. The molecule has 2 aliphatic heterocycles. The number of fused-ring (bicyclic) bond motifs is 2. The molecule has 2 fully saturated rings. The van der Waals surface area contributed by atoms with Crippen LogP contribution in [0.2, 0.25) is 0 Å². The summed E-state index contributed by atoms with van der Waals surface area (Å²) < 4.78 is 9.86. The molecule has 4 aromatic rings. The molecule has 0 unspecified atom stereocenters. The summed E-state index contributed by atoms with van der Waals surface area (Å²) in [5.41, 5.74) is 3.74. The van der Waals surface area contributed by atoms with Crippen LogP contribution in [0.5, 0.6) is 0 Å². The van der Waals surface area contributed by atoms with E-state index < -0.39 is 0 Å². The zero-order chi connectivity index (χ0) is 22.4. The number of likely N-dealkylation sites (tertiary alicyclic amines) is 1. The first kappa shape index (κ1) is 20.6. The molecule has 0 bridgehead atoms. The van der Waals surface area contributed by atoms with Gasteiger partial charge in [-0.15, -0.1) is 0 Å². The van der Waals surface area contributed by atoms with Crippen LogP contribution in [0.3, 0.4) is 0 Å². The van der Waals surface area contributed by atoms with Crippen molar-refractivity contribution in [2.45, 2.75) is 32.7 Å². The number of para-hydroxylation sites is 2. The Bertz CT molecular complexity index is 1300. The van der Waals surface area contributed by atoms with Gasteiger partial charge in [0.05, 0.1) is 30.8 Å². The van der Waals surface area contributed by atoms with Crippen LogP contribution in [-0.2, 0) is 24.8 Å². The third-order valence-corrected chi connectivity index (χ3v) is 6.80. The molecule has 0 spiro atoms. The maximum absolute atomic E-state index is 5.61. The second kappa shape index (κ2) is 8.39. The van der Waals surface area contributed by atoms with Crippen molar-refractivity contribution in [2.24, 2.45) is 7.05 Å². The Kier molecular flexibility index (Phi) is 5.22. The van der Waals surface area contributed by atoms with Gasteiger partial charge in [0, 0.05) is 26.6 Å². The van der Waals surface area contributed by atoms with E-state index in [0.717, 1.165) is 78.8 Å². The molecule has 0 atom stereocenters. The van der Waals surface area contributed by atoms with Crippen LogP contribution < -0.4 is 4.90 Å². The van der Waals surface area contributed by atoms with Crippen molar-refractivity contribution >= 4 is 28.0 Å². The smallest absolute Gasteiger partial charge is 0.239 e. The first-order valence-corrected chi connectivity index (χ1v) is 12.0. The van der Waals surface area contributed by atoms with Crippen molar-refractivity contribution in [3.8, 4) is 5.95 Å². The molecule has 9 heteroatoms. The second-order valence-corrected chi connectivity index (χ2v) is 8.89. The zero-order valence-electron chi connectivity index (χ0n) is 19.4. The van der Waals surface area contributed by atoms with Crippen molar-refractivity contribution < 1.29 is 4.74 Å². The van der Waals surface area contributed by atoms with Gasteiger partial charge in [-0.1, -0.05) is 19.1 Å². The average Bonchev–Trinajstić information content (AvgIpc) is 3.57. The highest BCUT2D eigenvalue weighted by molar-refractivity contribution is 5.86. The summed E-state index contributed by atoms with van der Waals surface area (Å²) in [6, 6.07) is 8.20. The van der Waals surface area contributed by atoms with Crippen LogP contribution in [0.25, 0.3) is 28.1 Å². The minimum Gasteiger partial charge on any atom is -0.378 e. The third-order valence-electron chi connectivity index (χ3n) is 6.80. The summed E-state index contributed by atoms with van der Waals surface area (Å²) in [7, 11) is 2.08. The first-order chi connectivity index (χ1) is 16.2. The number of ether oxygens (including phenoxy) is 1. The fraction of sp³-hybridized carbons (Fsp3) is 0.500. The number of aromatic nitrogens is 6. The van der Waals surface area contributed by atoms with Crippen LogP contribution in [0.1, 0.15) is 31.4 Å². The molecule has 9 nitrogen and oxygen atoms in total. The fourth-order valence-electron chi connectivity index (χ4n) is 4.99. The molecule has 0 saturated carbocycles. The van der Waals surface area contributed by atoms with E-state index in [2.05, 4.69) is 39.0 Å². The molecule has 2 aliphatic rings. The van der Waals surface area contributed by atoms with Gasteiger partial charge in [-0.3, -0.25) is 9.47 Å². The lowest BCUT2D eigenvalue weighted by Crippen LogP contribution is -2.37. The molecule has 5 heterocycles. The van der Waals surface area contributed by atoms with Crippen LogP contribution in [-0.4, -0.2) is 73.4 Å². The van der Waals surface area contributed by atoms with Crippen molar-refractivity contribution in [3.63, 3.8) is 0 Å². The minimum absolute atomic E-state index is 0.658. The number of aryl methyl sites for hydroxylation is 2. The summed E-state index contributed by atoms with van der Waals surface area (Å²) in [6.07, 6.45) is 3.33. The van der Waals surface area contributed by atoms with Crippen molar-refractivity contribution in [3.05, 3.63) is 35.9 Å². The summed E-state index contributed by atoms with van der Waals surface area (Å²) in [6.45, 7) is 8.24. The molecular weight excluding hydrogens is 416 g/mol. The van der Waals surface area contributed by atoms with Crippen LogP contribution in [0.4, 0.5) is 5.82 Å². The lowest BCUT2D eigenvalue weighted by molar-refractivity contribution is 0.122. The van der Waals surface area contributed by atoms with E-state index in [-0.39, 0.29) is 0 Å². The van der Waals surface area contributed by atoms with Crippen LogP contribution in [0.15, 0.2) is 24.3 Å². The van der Waals surface area contributed by atoms with Gasteiger partial charge in [-0.2, -0.15) is 9.97 Å². The van der Waals surface area contributed by atoms with E-state index in [1.165, 1.54) is 12.8 Å². The van der Waals surface area contributed by atoms with Crippen molar-refractivity contribution in [1.29, 1.82) is 0 Å². The van der Waals surface area contributed by atoms with Crippen LogP contribution in [0, 0.1) is 0 Å². The van der Waals surface area contributed by atoms with Gasteiger partial charge in [-0.05, 0) is 38.1 Å². The molecule has 2 saturated heterocycles. The molecule has 1 aromatic carbocycles. The van der Waals surface area contributed by atoms with Gasteiger partial charge in [-0.25, -0.2) is 9.97 Å². The normalized spacial score (nSPS) is 17.6. The summed E-state index contributed by atoms with van der Waals surface area (Å²) in [5, 5.41) is 0. The van der Waals surface area contributed by atoms with Gasteiger partial charge < -0.3 is 14.2 Å². The standard InChI is InChI=1S/C24H30N8O/c1-3-19-25-17-8-4-5-9-18(17)32(19)24-27-22-21(23(28-24)31-12-14-33-15-13-31)26-20(29(22)2)16-30-10-6-7-11-30/h4-5,8-9H,3,6-7,10-16H2,1-2H3. The Balaban J connectivity index is 1.55. The van der Waals surface area contributed by atoms with E-state index in [1.807, 2.05) is 18.2 Å². The lowest BCUT2D eigenvalue weighted by Gasteiger charge is -2.28. The highest BCUT2D eigenvalue weighted by Gasteiger charge is 2.25. The van der Waals surface area contributed by atoms with E-state index in [1.54, 1.807) is 0 Å². The average molecular weight is 447 g/mol. The van der Waals surface area contributed by atoms with E-state index in [4.69, 9.17) is 24.7 Å². The quantitative estimate of drug-likeness (QED) is 0.466. The molecule has 0 aliphatic carbocycles. The SMILES string of the molecule is CCc1nc2ccccc2n1-c1nc(N2CCOCC2)c2nc(CN3CCCC3)n(C)c2n1. The molecule has 0 radical (unpaired) electrons. The second-order valence-electron chi connectivity index (χ2n) is 8.89. The molecule has 172 valence electrons. The highest BCUT2D eigenvalue weighted by Crippen LogP contribution is 2.29. The highest BCUT2D eigenvalue weighted by atomic mass is 16.5. The predicted molar refractivity (Wildman–Crippen MR) is 128 cm³/mol. The maximum Gasteiger partial charge on any atom is 0.239 e. The molecule has 3 aromatic heterocycles. The molecular formula is C24H30N8O. The maximum atomic E-state index is 5.61. The van der Waals surface area contributed by atoms with Crippen LogP contribution >= 0.6 is 0 Å². The van der Waals surface area contributed by atoms with Crippen molar-refractivity contribution in [2.75, 3.05) is 44.3 Å². The molecule has 33 heavy (non-hydrogen) atoms. The number of rotatable bonds is 5. The Labute approximate surface area is 193 Å². The number of nitrogens with zero attached hydrogens (tertiary/aromatic N) is 8. The Hall–Kier alpha value is -3.04. The monoisotopic (exact) mass is 446 g/mol. The van der Waals surface area contributed by atoms with E-state index in [0.29, 0.717) is 19.2 Å². The Morgan fingerprint density at radius 3 is 2.48 bits per heavy atom. The van der Waals surface area contributed by atoms with E-state index in [9.17, 15) is 0 Å². The Morgan fingerprint density at radius 1 is 0.909 bits per heavy atom. The third kappa shape index (κ3) is 3.55. The fourth-order valence-corrected chi connectivity index (χ4v) is 4.99. The van der Waals surface area contributed by atoms with Gasteiger partial charge in [0.15, 0.2) is 17.0 Å². The zero-order valence-corrected chi connectivity index (χ0v) is 19.4. The lowest BCUT2D eigenvalue weighted by atomic mass is 10.3. The molecule has 0 N–H and O–H groups in total. The topological polar surface area (TPSA) is 77.1 Å². The number of imidazole rings is 2. The summed E-state index contributed by atoms with van der Waals surface area (Å²) in [4.78, 5) is 24.8. The summed E-state index contributed by atoms with van der Waals surface area (Å²) in [5.74, 6) is 3.55. The number of anilines is 1.